The number of halogens is 1. The fourth-order valence-electron chi connectivity index (χ4n) is 3.64. The van der Waals surface area contributed by atoms with E-state index in [0.29, 0.717) is 5.41 Å². The Hall–Kier alpha value is -1.09. The lowest BCUT2D eigenvalue weighted by Crippen LogP contribution is -2.43. The fraction of sp³-hybridized carbons (Fsp3) is 0.667. The predicted octanol–water partition coefficient (Wildman–Crippen LogP) is 3.96. The number of anilines is 1. The Morgan fingerprint density at radius 1 is 1.24 bits per heavy atom. The number of nitrogens with zero attached hydrogens (tertiary/aromatic N) is 1. The van der Waals surface area contributed by atoms with Gasteiger partial charge in [0.25, 0.3) is 0 Å². The molecule has 2 saturated carbocycles. The molecule has 21 heavy (non-hydrogen) atoms. The van der Waals surface area contributed by atoms with E-state index in [9.17, 15) is 4.39 Å². The molecule has 1 aromatic rings. The average Bonchev–Trinajstić information content (AvgIpc) is 3.23. The Labute approximate surface area is 127 Å². The minimum absolute atomic E-state index is 0.0948. The Morgan fingerprint density at radius 3 is 2.57 bits per heavy atom. The largest absolute Gasteiger partial charge is 0.369 e. The van der Waals surface area contributed by atoms with Gasteiger partial charge in [0, 0.05) is 31.1 Å². The van der Waals surface area contributed by atoms with Crippen LogP contribution in [0.25, 0.3) is 0 Å². The fourth-order valence-corrected chi connectivity index (χ4v) is 3.64. The molecule has 0 spiro atoms. The van der Waals surface area contributed by atoms with E-state index in [1.807, 2.05) is 12.1 Å². The molecule has 0 aromatic heterocycles. The van der Waals surface area contributed by atoms with Gasteiger partial charge < -0.3 is 10.2 Å². The summed E-state index contributed by atoms with van der Waals surface area (Å²) in [5.74, 6) is -0.0948. The summed E-state index contributed by atoms with van der Waals surface area (Å²) >= 11 is 0. The van der Waals surface area contributed by atoms with E-state index < -0.39 is 0 Å². The third-order valence-electron chi connectivity index (χ3n) is 5.11. The second-order valence-electron chi connectivity index (χ2n) is 6.83. The minimum Gasteiger partial charge on any atom is -0.369 e. The van der Waals surface area contributed by atoms with Crippen LogP contribution in [0.4, 0.5) is 10.1 Å². The zero-order valence-corrected chi connectivity index (χ0v) is 13.1. The quantitative estimate of drug-likeness (QED) is 0.817. The molecule has 0 heterocycles. The van der Waals surface area contributed by atoms with E-state index in [1.165, 1.54) is 38.5 Å². The molecule has 0 radical (unpaired) electrons. The summed E-state index contributed by atoms with van der Waals surface area (Å²) in [6, 6.07) is 7.95. The van der Waals surface area contributed by atoms with Gasteiger partial charge in [-0.05, 0) is 44.7 Å². The van der Waals surface area contributed by atoms with Gasteiger partial charge >= 0.3 is 0 Å². The van der Waals surface area contributed by atoms with Crippen molar-refractivity contribution < 1.29 is 4.39 Å². The summed E-state index contributed by atoms with van der Waals surface area (Å²) in [5.41, 5.74) is 1.10. The van der Waals surface area contributed by atoms with Gasteiger partial charge in [-0.2, -0.15) is 0 Å². The maximum Gasteiger partial charge on any atom is 0.146 e. The molecule has 0 aliphatic heterocycles. The molecule has 1 aromatic carbocycles. The Bertz CT molecular complexity index is 464. The highest BCUT2D eigenvalue weighted by Gasteiger charge is 2.37. The lowest BCUT2D eigenvalue weighted by atomic mass is 9.85. The topological polar surface area (TPSA) is 15.3 Å². The maximum absolute atomic E-state index is 14.1. The molecule has 3 rings (SSSR count). The maximum atomic E-state index is 14.1. The number of benzene rings is 1. The van der Waals surface area contributed by atoms with Gasteiger partial charge in [-0.25, -0.2) is 4.39 Å². The number of rotatable bonds is 7. The van der Waals surface area contributed by atoms with Crippen molar-refractivity contribution in [1.82, 2.24) is 5.32 Å². The predicted molar refractivity (Wildman–Crippen MR) is 86.2 cm³/mol. The van der Waals surface area contributed by atoms with Crippen LogP contribution < -0.4 is 10.2 Å². The highest BCUT2D eigenvalue weighted by molar-refractivity contribution is 5.47. The van der Waals surface area contributed by atoms with Gasteiger partial charge in [-0.15, -0.1) is 0 Å². The van der Waals surface area contributed by atoms with Crippen molar-refractivity contribution in [3.05, 3.63) is 30.1 Å². The lowest BCUT2D eigenvalue weighted by Gasteiger charge is -2.36. The van der Waals surface area contributed by atoms with Gasteiger partial charge in [0.15, 0.2) is 0 Å². The van der Waals surface area contributed by atoms with Crippen molar-refractivity contribution >= 4 is 5.69 Å². The molecule has 2 aliphatic carbocycles. The van der Waals surface area contributed by atoms with Crippen molar-refractivity contribution in [3.63, 3.8) is 0 Å². The third-order valence-corrected chi connectivity index (χ3v) is 5.11. The van der Waals surface area contributed by atoms with E-state index in [4.69, 9.17) is 0 Å². The summed E-state index contributed by atoms with van der Waals surface area (Å²) in [6.45, 7) is 5.07. The van der Waals surface area contributed by atoms with E-state index in [0.717, 1.165) is 31.4 Å². The van der Waals surface area contributed by atoms with Gasteiger partial charge in [0.05, 0.1) is 5.69 Å². The van der Waals surface area contributed by atoms with E-state index >= 15 is 0 Å². The molecule has 3 heteroatoms. The molecule has 0 bridgehead atoms. The molecule has 2 nitrogen and oxygen atoms in total. The first-order chi connectivity index (χ1) is 10.2. The van der Waals surface area contributed by atoms with Gasteiger partial charge in [-0.3, -0.25) is 0 Å². The van der Waals surface area contributed by atoms with Crippen molar-refractivity contribution in [2.45, 2.75) is 51.5 Å². The van der Waals surface area contributed by atoms with Crippen molar-refractivity contribution in [3.8, 4) is 0 Å². The van der Waals surface area contributed by atoms with Gasteiger partial charge in [0.1, 0.15) is 5.82 Å². The Balaban J connectivity index is 1.71. The van der Waals surface area contributed by atoms with Crippen molar-refractivity contribution in [1.29, 1.82) is 0 Å². The van der Waals surface area contributed by atoms with Crippen molar-refractivity contribution in [2.24, 2.45) is 5.41 Å². The van der Waals surface area contributed by atoms with E-state index in [2.05, 4.69) is 17.1 Å². The Morgan fingerprint density at radius 2 is 1.95 bits per heavy atom. The third kappa shape index (κ3) is 3.57. The average molecular weight is 290 g/mol. The summed E-state index contributed by atoms with van der Waals surface area (Å²) in [4.78, 5) is 2.23. The molecule has 116 valence electrons. The van der Waals surface area contributed by atoms with Crippen LogP contribution in [0.2, 0.25) is 0 Å². The molecule has 0 atom stereocenters. The molecule has 0 saturated heterocycles. The lowest BCUT2D eigenvalue weighted by molar-refractivity contribution is 0.282. The monoisotopic (exact) mass is 290 g/mol. The summed E-state index contributed by atoms with van der Waals surface area (Å²) in [5, 5.41) is 3.71. The van der Waals surface area contributed by atoms with Crippen LogP contribution in [-0.4, -0.2) is 25.7 Å². The molecular weight excluding hydrogens is 263 g/mol. The number of nitrogens with one attached hydrogen (secondary N) is 1. The standard InChI is InChI=1S/C18H27FN2/c1-2-21(17-8-4-3-7-16(17)19)14-18(11-5-6-12-18)13-20-15-9-10-15/h3-4,7-8,15,20H,2,5-6,9-14H2,1H3. The van der Waals surface area contributed by atoms with Crippen LogP contribution in [-0.2, 0) is 0 Å². The highest BCUT2D eigenvalue weighted by Crippen LogP contribution is 2.40. The van der Waals surface area contributed by atoms with Gasteiger partial charge in [0.2, 0.25) is 0 Å². The molecule has 0 unspecified atom stereocenters. The summed E-state index contributed by atoms with van der Waals surface area (Å²) in [7, 11) is 0. The van der Waals surface area contributed by atoms with Crippen LogP contribution in [0.1, 0.15) is 45.4 Å². The minimum atomic E-state index is -0.0948. The molecule has 2 aliphatic rings. The number of hydrogen-bond acceptors (Lipinski definition) is 2. The van der Waals surface area contributed by atoms with Crippen molar-refractivity contribution in [2.75, 3.05) is 24.5 Å². The Kier molecular flexibility index (Phi) is 4.48. The zero-order chi connectivity index (χ0) is 14.7. The first-order valence-corrected chi connectivity index (χ1v) is 8.45. The smallest absolute Gasteiger partial charge is 0.146 e. The van der Waals surface area contributed by atoms with Crippen LogP contribution in [0.3, 0.4) is 0 Å². The second kappa shape index (κ2) is 6.35. The summed E-state index contributed by atoms with van der Waals surface area (Å²) < 4.78 is 14.1. The summed E-state index contributed by atoms with van der Waals surface area (Å²) in [6.07, 6.45) is 7.86. The number of hydrogen-bond donors (Lipinski definition) is 1. The molecular formula is C18H27FN2. The van der Waals surface area contributed by atoms with Crippen LogP contribution in [0.15, 0.2) is 24.3 Å². The van der Waals surface area contributed by atoms with E-state index in [1.54, 1.807) is 12.1 Å². The van der Waals surface area contributed by atoms with E-state index in [-0.39, 0.29) is 5.82 Å². The number of para-hydroxylation sites is 1. The molecule has 1 N–H and O–H groups in total. The van der Waals surface area contributed by atoms with Gasteiger partial charge in [-0.1, -0.05) is 25.0 Å². The first kappa shape index (κ1) is 14.8. The molecule has 0 amide bonds. The molecule has 2 fully saturated rings. The SMILES string of the molecule is CCN(CC1(CNC2CC2)CCCC1)c1ccccc1F. The highest BCUT2D eigenvalue weighted by atomic mass is 19.1. The van der Waals surface area contributed by atoms with Crippen LogP contribution in [0, 0.1) is 11.2 Å². The first-order valence-electron chi connectivity index (χ1n) is 8.45. The van der Waals surface area contributed by atoms with Crippen LogP contribution in [0.5, 0.6) is 0 Å². The van der Waals surface area contributed by atoms with Crippen LogP contribution >= 0.6 is 0 Å². The normalized spacial score (nSPS) is 20.7. The second-order valence-corrected chi connectivity index (χ2v) is 6.83. The zero-order valence-electron chi connectivity index (χ0n) is 13.1.